The van der Waals surface area contributed by atoms with Crippen molar-refractivity contribution in [2.45, 2.75) is 26.7 Å². The second-order valence-electron chi connectivity index (χ2n) is 8.48. The van der Waals surface area contributed by atoms with Crippen LogP contribution in [0.1, 0.15) is 36.7 Å². The molecular formula is C27H24BrClN4O3. The van der Waals surface area contributed by atoms with Gasteiger partial charge in [0.15, 0.2) is 6.61 Å². The molecular weight excluding hydrogens is 544 g/mol. The van der Waals surface area contributed by atoms with Crippen LogP contribution < -0.4 is 15.6 Å². The molecule has 0 radical (unpaired) electrons. The Morgan fingerprint density at radius 2 is 1.97 bits per heavy atom. The number of ether oxygens (including phenoxy) is 1. The molecule has 0 spiro atoms. The van der Waals surface area contributed by atoms with Crippen molar-refractivity contribution in [1.29, 1.82) is 0 Å². The smallest absolute Gasteiger partial charge is 0.282 e. The molecule has 4 aromatic rings. The molecule has 1 aromatic heterocycles. The van der Waals surface area contributed by atoms with E-state index in [-0.39, 0.29) is 24.0 Å². The first kappa shape index (κ1) is 25.6. The molecule has 184 valence electrons. The highest BCUT2D eigenvalue weighted by atomic mass is 79.9. The number of amides is 1. The average molecular weight is 568 g/mol. The molecule has 0 aliphatic heterocycles. The molecule has 7 nitrogen and oxygen atoms in total. The van der Waals surface area contributed by atoms with E-state index in [1.54, 1.807) is 30.3 Å². The van der Waals surface area contributed by atoms with Crippen LogP contribution in [0.25, 0.3) is 10.9 Å². The number of fused-ring (bicyclic) bond motifs is 1. The van der Waals surface area contributed by atoms with E-state index in [4.69, 9.17) is 16.3 Å². The summed E-state index contributed by atoms with van der Waals surface area (Å²) in [7, 11) is 0. The van der Waals surface area contributed by atoms with Gasteiger partial charge in [0.25, 0.3) is 11.5 Å². The SMILES string of the molecule is Cc1ccccc1NC(=O)COc1ccc(Cl)cc1C=Nn1c(C(C)C)nc2ccc(Br)cc2c1=O. The number of nitrogens with one attached hydrogen (secondary N) is 1. The fourth-order valence-corrected chi connectivity index (χ4v) is 4.11. The molecule has 1 heterocycles. The number of hydrogen-bond donors (Lipinski definition) is 1. The summed E-state index contributed by atoms with van der Waals surface area (Å²) in [5.41, 5.74) is 2.50. The standard InChI is InChI=1S/C27H24BrClN4O3/c1-16(2)26-32-23-10-8-19(28)13-21(23)27(35)33(26)30-14-18-12-20(29)9-11-24(18)36-15-25(34)31-22-7-5-4-6-17(22)3/h4-14,16H,15H2,1-3H3,(H,31,34). The second-order valence-corrected chi connectivity index (χ2v) is 9.83. The maximum absolute atomic E-state index is 13.3. The van der Waals surface area contributed by atoms with Crippen molar-refractivity contribution >= 4 is 56.2 Å². The minimum absolute atomic E-state index is 0.0527. The Balaban J connectivity index is 1.63. The van der Waals surface area contributed by atoms with Crippen LogP contribution in [0, 0.1) is 6.92 Å². The third-order valence-electron chi connectivity index (χ3n) is 5.41. The van der Waals surface area contributed by atoms with Crippen LogP contribution in [0.15, 0.2) is 75.0 Å². The number of rotatable bonds is 7. The molecule has 4 rings (SSSR count). The minimum atomic E-state index is -0.301. The molecule has 0 atom stereocenters. The van der Waals surface area contributed by atoms with E-state index in [2.05, 4.69) is 31.3 Å². The quantitative estimate of drug-likeness (QED) is 0.272. The molecule has 36 heavy (non-hydrogen) atoms. The maximum atomic E-state index is 13.3. The van der Waals surface area contributed by atoms with Crippen LogP contribution >= 0.6 is 27.5 Å². The molecule has 0 saturated heterocycles. The number of aryl methyl sites for hydroxylation is 1. The highest BCUT2D eigenvalue weighted by molar-refractivity contribution is 9.10. The Morgan fingerprint density at radius 1 is 1.19 bits per heavy atom. The molecule has 0 bridgehead atoms. The summed E-state index contributed by atoms with van der Waals surface area (Å²) in [6.45, 7) is 5.59. The van der Waals surface area contributed by atoms with Crippen molar-refractivity contribution < 1.29 is 9.53 Å². The van der Waals surface area contributed by atoms with E-state index < -0.39 is 0 Å². The van der Waals surface area contributed by atoms with Gasteiger partial charge in [0.1, 0.15) is 11.6 Å². The Morgan fingerprint density at radius 3 is 2.72 bits per heavy atom. The van der Waals surface area contributed by atoms with Crippen molar-refractivity contribution in [3.05, 3.63) is 97.5 Å². The van der Waals surface area contributed by atoms with E-state index >= 15 is 0 Å². The fraction of sp³-hybridized carbons (Fsp3) is 0.185. The first-order valence-corrected chi connectivity index (χ1v) is 12.4. The Bertz CT molecular complexity index is 1530. The topological polar surface area (TPSA) is 85.6 Å². The van der Waals surface area contributed by atoms with Crippen molar-refractivity contribution in [2.75, 3.05) is 11.9 Å². The minimum Gasteiger partial charge on any atom is -0.483 e. The van der Waals surface area contributed by atoms with Gasteiger partial charge in [-0.15, -0.1) is 0 Å². The van der Waals surface area contributed by atoms with E-state index in [1.165, 1.54) is 10.9 Å². The van der Waals surface area contributed by atoms with Gasteiger partial charge in [-0.25, -0.2) is 4.98 Å². The third-order valence-corrected chi connectivity index (χ3v) is 6.14. The van der Waals surface area contributed by atoms with E-state index in [0.717, 1.165) is 15.7 Å². The van der Waals surface area contributed by atoms with Gasteiger partial charge in [0, 0.05) is 26.7 Å². The molecule has 1 amide bonds. The van der Waals surface area contributed by atoms with Crippen LogP contribution in [0.5, 0.6) is 5.75 Å². The average Bonchev–Trinajstić information content (AvgIpc) is 2.84. The largest absolute Gasteiger partial charge is 0.483 e. The van der Waals surface area contributed by atoms with Crippen LogP contribution in [0.4, 0.5) is 5.69 Å². The molecule has 0 saturated carbocycles. The first-order valence-electron chi connectivity index (χ1n) is 11.3. The lowest BCUT2D eigenvalue weighted by Gasteiger charge is -2.13. The van der Waals surface area contributed by atoms with Gasteiger partial charge in [-0.3, -0.25) is 9.59 Å². The molecule has 1 N–H and O–H groups in total. The number of para-hydroxylation sites is 1. The second kappa shape index (κ2) is 11.1. The van der Waals surface area contributed by atoms with Crippen molar-refractivity contribution in [2.24, 2.45) is 5.10 Å². The van der Waals surface area contributed by atoms with E-state index in [9.17, 15) is 9.59 Å². The highest BCUT2D eigenvalue weighted by Gasteiger charge is 2.14. The van der Waals surface area contributed by atoms with E-state index in [1.807, 2.05) is 51.1 Å². The van der Waals surface area contributed by atoms with Crippen LogP contribution in [0.3, 0.4) is 0 Å². The summed E-state index contributed by atoms with van der Waals surface area (Å²) in [5, 5.41) is 8.19. The van der Waals surface area contributed by atoms with Crippen molar-refractivity contribution in [3.63, 3.8) is 0 Å². The molecule has 9 heteroatoms. The number of carbonyl (C=O) groups is 1. The molecule has 3 aromatic carbocycles. The maximum Gasteiger partial charge on any atom is 0.282 e. The zero-order valence-corrected chi connectivity index (χ0v) is 22.3. The van der Waals surface area contributed by atoms with Gasteiger partial charge in [-0.2, -0.15) is 9.78 Å². The molecule has 0 aliphatic rings. The number of halogens is 2. The highest BCUT2D eigenvalue weighted by Crippen LogP contribution is 2.23. The zero-order chi connectivity index (χ0) is 25.8. The normalized spacial score (nSPS) is 11.4. The number of benzene rings is 3. The van der Waals surface area contributed by atoms with Crippen LogP contribution in [-0.2, 0) is 4.79 Å². The summed E-state index contributed by atoms with van der Waals surface area (Å²) in [5.74, 6) is 0.569. The van der Waals surface area contributed by atoms with Gasteiger partial charge in [0.05, 0.1) is 17.1 Å². The zero-order valence-electron chi connectivity index (χ0n) is 20.0. The number of aromatic nitrogens is 2. The number of carbonyl (C=O) groups excluding carboxylic acids is 1. The number of anilines is 1. The number of hydrogen-bond acceptors (Lipinski definition) is 5. The van der Waals surface area contributed by atoms with Crippen LogP contribution in [-0.4, -0.2) is 28.4 Å². The Labute approximate surface area is 221 Å². The molecule has 0 unspecified atom stereocenters. The Hall–Kier alpha value is -3.49. The summed E-state index contributed by atoms with van der Waals surface area (Å²) >= 11 is 9.62. The molecule has 0 fully saturated rings. The predicted molar refractivity (Wildman–Crippen MR) is 148 cm³/mol. The van der Waals surface area contributed by atoms with Gasteiger partial charge in [-0.05, 0) is 55.0 Å². The molecule has 0 aliphatic carbocycles. The van der Waals surface area contributed by atoms with Crippen LogP contribution in [0.2, 0.25) is 5.02 Å². The fourth-order valence-electron chi connectivity index (χ4n) is 3.57. The third kappa shape index (κ3) is 5.83. The van der Waals surface area contributed by atoms with Crippen molar-refractivity contribution in [1.82, 2.24) is 9.66 Å². The van der Waals surface area contributed by atoms with Crippen molar-refractivity contribution in [3.8, 4) is 5.75 Å². The first-order chi connectivity index (χ1) is 17.2. The summed E-state index contributed by atoms with van der Waals surface area (Å²) in [4.78, 5) is 30.4. The monoisotopic (exact) mass is 566 g/mol. The summed E-state index contributed by atoms with van der Waals surface area (Å²) in [6, 6.07) is 17.8. The summed E-state index contributed by atoms with van der Waals surface area (Å²) < 4.78 is 7.84. The lowest BCUT2D eigenvalue weighted by molar-refractivity contribution is -0.118. The van der Waals surface area contributed by atoms with E-state index in [0.29, 0.717) is 33.1 Å². The van der Waals surface area contributed by atoms with Gasteiger partial charge in [0.2, 0.25) is 0 Å². The lowest BCUT2D eigenvalue weighted by atomic mass is 10.2. The van der Waals surface area contributed by atoms with Gasteiger partial charge >= 0.3 is 0 Å². The summed E-state index contributed by atoms with van der Waals surface area (Å²) in [6.07, 6.45) is 1.49. The Kier molecular flexibility index (Phi) is 7.86. The lowest BCUT2D eigenvalue weighted by Crippen LogP contribution is -2.23. The van der Waals surface area contributed by atoms with Gasteiger partial charge in [-0.1, -0.05) is 59.6 Å². The van der Waals surface area contributed by atoms with Gasteiger partial charge < -0.3 is 10.1 Å². The predicted octanol–water partition coefficient (Wildman–Crippen LogP) is 6.14. The number of nitrogens with zero attached hydrogens (tertiary/aromatic N) is 3.